The molecule has 7 heteroatoms. The second-order valence-corrected chi connectivity index (χ2v) is 10.5. The number of hydrogen-bond donors (Lipinski definition) is 1. The smallest absolute Gasteiger partial charge is 0.255 e. The molecule has 0 aliphatic heterocycles. The molecule has 3 aromatic rings. The lowest BCUT2D eigenvalue weighted by Crippen LogP contribution is -2.26. The first-order valence-electron chi connectivity index (χ1n) is 12.6. The monoisotopic (exact) mass is 527 g/mol. The Bertz CT molecular complexity index is 1130. The van der Waals surface area contributed by atoms with Crippen LogP contribution in [0.4, 0.5) is 11.4 Å². The summed E-state index contributed by atoms with van der Waals surface area (Å²) in [5.74, 6) is 0.316. The van der Waals surface area contributed by atoms with Gasteiger partial charge < -0.3 is 5.32 Å². The van der Waals surface area contributed by atoms with Gasteiger partial charge in [0.05, 0.1) is 10.7 Å². The van der Waals surface area contributed by atoms with Crippen molar-refractivity contribution in [2.45, 2.75) is 60.3 Å². The van der Waals surface area contributed by atoms with Gasteiger partial charge in [-0.25, -0.2) is 4.21 Å². The van der Waals surface area contributed by atoms with Crippen LogP contribution in [-0.4, -0.2) is 27.4 Å². The Balaban J connectivity index is 0.000000678. The number of unbranched alkanes of at least 4 members (excludes halogenated alkanes) is 3. The zero-order valence-corrected chi connectivity index (χ0v) is 23.6. The summed E-state index contributed by atoms with van der Waals surface area (Å²) >= 11 is 6.35. The number of anilines is 2. The van der Waals surface area contributed by atoms with Crippen molar-refractivity contribution in [1.82, 2.24) is 4.98 Å². The van der Waals surface area contributed by atoms with Crippen LogP contribution in [0.1, 0.15) is 69.3 Å². The summed E-state index contributed by atoms with van der Waals surface area (Å²) in [6.07, 6.45) is 7.27. The van der Waals surface area contributed by atoms with Gasteiger partial charge in [0.15, 0.2) is 0 Å². The van der Waals surface area contributed by atoms with Crippen molar-refractivity contribution in [1.29, 1.82) is 0 Å². The predicted octanol–water partition coefficient (Wildman–Crippen LogP) is 8.06. The van der Waals surface area contributed by atoms with Crippen molar-refractivity contribution in [3.63, 3.8) is 0 Å². The number of nitrogens with zero attached hydrogens (tertiary/aromatic N) is 2. The number of pyridine rings is 1. The van der Waals surface area contributed by atoms with Crippen molar-refractivity contribution < 1.29 is 9.00 Å². The Morgan fingerprint density at radius 1 is 0.972 bits per heavy atom. The molecule has 0 aliphatic rings. The molecule has 1 N–H and O–H groups in total. The second-order valence-electron chi connectivity index (χ2n) is 8.43. The largest absolute Gasteiger partial charge is 0.322 e. The molecule has 5 nitrogen and oxygen atoms in total. The summed E-state index contributed by atoms with van der Waals surface area (Å²) in [5.41, 5.74) is 4.57. The van der Waals surface area contributed by atoms with Crippen molar-refractivity contribution >= 4 is 39.9 Å². The number of carbonyl (C=O) groups is 1. The molecule has 1 amide bonds. The standard InChI is InChI=1S/C23H24ClN3O2S.C6H14/c1-4-27(30(29)5-2)19-9-6-17(7-10-19)23(28)26-18-8-11-21(24)20(15-18)22-14-16(3)12-13-25-22;1-3-5-6-4-2/h6-15H,4-5H2,1-3H3,(H,26,28);3-6H2,1-2H3. The molecule has 1 atom stereocenters. The average molecular weight is 528 g/mol. The molecule has 0 aliphatic carbocycles. The number of carbonyl (C=O) groups excluding carboxylic acids is 1. The maximum absolute atomic E-state index is 12.7. The average Bonchev–Trinajstić information content (AvgIpc) is 2.89. The van der Waals surface area contributed by atoms with Gasteiger partial charge in [-0.05, 0) is 74.0 Å². The molecule has 3 rings (SSSR count). The van der Waals surface area contributed by atoms with E-state index in [-0.39, 0.29) is 5.91 Å². The fraction of sp³-hybridized carbons (Fsp3) is 0.379. The van der Waals surface area contributed by atoms with E-state index < -0.39 is 11.0 Å². The van der Waals surface area contributed by atoms with Gasteiger partial charge in [0.25, 0.3) is 5.91 Å². The fourth-order valence-corrected chi connectivity index (χ4v) is 4.74. The Kier molecular flexibility index (Phi) is 12.6. The van der Waals surface area contributed by atoms with Crippen LogP contribution < -0.4 is 9.62 Å². The molecule has 0 saturated heterocycles. The number of benzene rings is 2. The molecule has 0 bridgehead atoms. The van der Waals surface area contributed by atoms with Crippen LogP contribution in [-0.2, 0) is 11.0 Å². The van der Waals surface area contributed by atoms with Crippen LogP contribution in [0.3, 0.4) is 0 Å². The van der Waals surface area contributed by atoms with Gasteiger partial charge in [0.1, 0.15) is 11.0 Å². The number of hydrogen-bond acceptors (Lipinski definition) is 3. The Hall–Kier alpha value is -2.70. The van der Waals surface area contributed by atoms with Gasteiger partial charge in [0.2, 0.25) is 0 Å². The van der Waals surface area contributed by atoms with E-state index in [1.54, 1.807) is 30.5 Å². The van der Waals surface area contributed by atoms with E-state index in [1.165, 1.54) is 25.7 Å². The summed E-state index contributed by atoms with van der Waals surface area (Å²) in [6, 6.07) is 16.3. The number of nitrogens with one attached hydrogen (secondary N) is 1. The number of halogens is 1. The lowest BCUT2D eigenvalue weighted by atomic mass is 10.1. The van der Waals surface area contributed by atoms with Crippen LogP contribution in [0.15, 0.2) is 60.8 Å². The van der Waals surface area contributed by atoms with E-state index in [9.17, 15) is 9.00 Å². The van der Waals surface area contributed by atoms with Crippen molar-refractivity contribution in [2.24, 2.45) is 0 Å². The van der Waals surface area contributed by atoms with Gasteiger partial charge in [-0.15, -0.1) is 0 Å². The lowest BCUT2D eigenvalue weighted by Gasteiger charge is -2.21. The van der Waals surface area contributed by atoms with Gasteiger partial charge in [0, 0.05) is 41.0 Å². The molecule has 0 radical (unpaired) electrons. The molecule has 2 aromatic carbocycles. The van der Waals surface area contributed by atoms with E-state index in [0.29, 0.717) is 28.6 Å². The maximum atomic E-state index is 12.7. The van der Waals surface area contributed by atoms with Crippen LogP contribution in [0.2, 0.25) is 5.02 Å². The number of aromatic nitrogens is 1. The Morgan fingerprint density at radius 2 is 1.64 bits per heavy atom. The van der Waals surface area contributed by atoms with Crippen LogP contribution in [0, 0.1) is 6.92 Å². The molecule has 0 saturated carbocycles. The van der Waals surface area contributed by atoms with E-state index >= 15 is 0 Å². The third kappa shape index (κ3) is 8.75. The minimum Gasteiger partial charge on any atom is -0.322 e. The molecular formula is C29H38ClN3O2S. The van der Waals surface area contributed by atoms with Gasteiger partial charge >= 0.3 is 0 Å². The Morgan fingerprint density at radius 3 is 2.19 bits per heavy atom. The second kappa shape index (κ2) is 15.4. The zero-order valence-electron chi connectivity index (χ0n) is 22.0. The fourth-order valence-electron chi connectivity index (χ4n) is 3.57. The van der Waals surface area contributed by atoms with Crippen molar-refractivity contribution in [3.8, 4) is 11.3 Å². The SMILES string of the molecule is CCCCCC.CCN(c1ccc(C(=O)Nc2ccc(Cl)c(-c3cc(C)ccn3)c2)cc1)S(=O)CC. The van der Waals surface area contributed by atoms with Crippen molar-refractivity contribution in [3.05, 3.63) is 76.9 Å². The molecule has 0 fully saturated rings. The molecule has 194 valence electrons. The van der Waals surface area contributed by atoms with E-state index in [4.69, 9.17) is 11.6 Å². The van der Waals surface area contributed by atoms with Crippen LogP contribution in [0.25, 0.3) is 11.3 Å². The maximum Gasteiger partial charge on any atom is 0.255 e. The van der Waals surface area contributed by atoms with E-state index in [0.717, 1.165) is 22.5 Å². The minimum atomic E-state index is -1.08. The first-order valence-corrected chi connectivity index (χ1v) is 14.3. The highest BCUT2D eigenvalue weighted by Crippen LogP contribution is 2.30. The summed E-state index contributed by atoms with van der Waals surface area (Å²) in [5, 5.41) is 3.48. The van der Waals surface area contributed by atoms with E-state index in [1.807, 2.05) is 55.4 Å². The highest BCUT2D eigenvalue weighted by molar-refractivity contribution is 7.86. The summed E-state index contributed by atoms with van der Waals surface area (Å²) < 4.78 is 14.0. The highest BCUT2D eigenvalue weighted by atomic mass is 35.5. The molecular weight excluding hydrogens is 490 g/mol. The molecule has 0 spiro atoms. The number of rotatable bonds is 10. The first kappa shape index (κ1) is 29.5. The predicted molar refractivity (Wildman–Crippen MR) is 155 cm³/mol. The van der Waals surface area contributed by atoms with Crippen molar-refractivity contribution in [2.75, 3.05) is 21.9 Å². The first-order chi connectivity index (χ1) is 17.3. The van der Waals surface area contributed by atoms with Crippen LogP contribution in [0.5, 0.6) is 0 Å². The summed E-state index contributed by atoms with van der Waals surface area (Å²) in [4.78, 5) is 17.1. The summed E-state index contributed by atoms with van der Waals surface area (Å²) in [6.45, 7) is 10.9. The zero-order chi connectivity index (χ0) is 26.5. The quantitative estimate of drug-likeness (QED) is 0.271. The minimum absolute atomic E-state index is 0.230. The highest BCUT2D eigenvalue weighted by Gasteiger charge is 2.13. The molecule has 1 unspecified atom stereocenters. The lowest BCUT2D eigenvalue weighted by molar-refractivity contribution is 0.102. The number of amides is 1. The number of aryl methyl sites for hydroxylation is 1. The molecule has 1 aromatic heterocycles. The third-order valence-electron chi connectivity index (χ3n) is 5.57. The summed E-state index contributed by atoms with van der Waals surface area (Å²) in [7, 11) is -1.08. The Labute approximate surface area is 223 Å². The van der Waals surface area contributed by atoms with Gasteiger partial charge in [-0.1, -0.05) is 58.1 Å². The molecule has 1 heterocycles. The van der Waals surface area contributed by atoms with E-state index in [2.05, 4.69) is 24.1 Å². The normalized spacial score (nSPS) is 11.3. The third-order valence-corrected chi connectivity index (χ3v) is 7.35. The van der Waals surface area contributed by atoms with Gasteiger partial charge in [-0.3, -0.25) is 14.1 Å². The topological polar surface area (TPSA) is 62.3 Å². The molecule has 36 heavy (non-hydrogen) atoms. The van der Waals surface area contributed by atoms with Crippen LogP contribution >= 0.6 is 11.6 Å². The van der Waals surface area contributed by atoms with Gasteiger partial charge in [-0.2, -0.15) is 0 Å².